The summed E-state index contributed by atoms with van der Waals surface area (Å²) in [5.41, 5.74) is 0.649. The predicted octanol–water partition coefficient (Wildman–Crippen LogP) is 3.75. The van der Waals surface area contributed by atoms with Crippen molar-refractivity contribution in [3.63, 3.8) is 0 Å². The molecule has 1 aromatic heterocycles. The summed E-state index contributed by atoms with van der Waals surface area (Å²) >= 11 is 0. The van der Waals surface area contributed by atoms with Crippen LogP contribution in [0, 0.1) is 6.92 Å². The van der Waals surface area contributed by atoms with Gasteiger partial charge in [0.1, 0.15) is 17.3 Å². The van der Waals surface area contributed by atoms with Gasteiger partial charge in [-0.05, 0) is 44.0 Å². The minimum Gasteiger partial charge on any atom is -0.497 e. The number of methoxy groups -OCH3 is 2. The molecule has 2 aromatic rings. The van der Waals surface area contributed by atoms with Crippen LogP contribution in [-0.4, -0.2) is 37.4 Å². The first kappa shape index (κ1) is 22.0. The molecule has 0 bridgehead atoms. The number of nitrogens with one attached hydrogen (secondary N) is 1. The Labute approximate surface area is 169 Å². The van der Waals surface area contributed by atoms with Crippen LogP contribution in [0.3, 0.4) is 0 Å². The van der Waals surface area contributed by atoms with E-state index in [1.165, 1.54) is 13.2 Å². The minimum atomic E-state index is -0.934. The second-order valence-electron chi connectivity index (χ2n) is 6.32. The molecule has 156 valence electrons. The molecule has 29 heavy (non-hydrogen) atoms. The van der Waals surface area contributed by atoms with Gasteiger partial charge in [0.05, 0.1) is 14.2 Å². The third kappa shape index (κ3) is 6.67. The normalized spacial score (nSPS) is 11.9. The highest BCUT2D eigenvalue weighted by molar-refractivity contribution is 5.96. The molecular formula is C21H26N2O6. The number of rotatable bonds is 10. The molecule has 0 aliphatic carbocycles. The number of aryl methyl sites for hydroxylation is 1. The molecule has 0 aliphatic rings. The van der Waals surface area contributed by atoms with Crippen LogP contribution in [0.15, 0.2) is 34.9 Å². The molecule has 1 N–H and O–H groups in total. The van der Waals surface area contributed by atoms with Crippen LogP contribution in [0.4, 0.5) is 5.82 Å². The summed E-state index contributed by atoms with van der Waals surface area (Å²) in [7, 11) is 3.09. The van der Waals surface area contributed by atoms with E-state index in [9.17, 15) is 9.59 Å². The van der Waals surface area contributed by atoms with Crippen molar-refractivity contribution in [2.75, 3.05) is 19.5 Å². The Hall–Kier alpha value is -3.29. The van der Waals surface area contributed by atoms with Gasteiger partial charge in [0.15, 0.2) is 11.9 Å². The van der Waals surface area contributed by atoms with Gasteiger partial charge in [-0.3, -0.25) is 4.79 Å². The van der Waals surface area contributed by atoms with E-state index in [1.54, 1.807) is 44.4 Å². The average Bonchev–Trinajstić information content (AvgIpc) is 3.13. The largest absolute Gasteiger partial charge is 0.497 e. The highest BCUT2D eigenvalue weighted by Gasteiger charge is 2.22. The zero-order valence-corrected chi connectivity index (χ0v) is 17.1. The van der Waals surface area contributed by atoms with E-state index in [1.807, 2.05) is 6.92 Å². The zero-order valence-electron chi connectivity index (χ0n) is 17.1. The zero-order chi connectivity index (χ0) is 21.2. The number of carbonyl (C=O) groups is 2. The van der Waals surface area contributed by atoms with Crippen molar-refractivity contribution in [3.8, 4) is 11.5 Å². The monoisotopic (exact) mass is 402 g/mol. The Morgan fingerprint density at radius 3 is 2.66 bits per heavy atom. The number of hydrogen-bond acceptors (Lipinski definition) is 7. The quantitative estimate of drug-likeness (QED) is 0.477. The van der Waals surface area contributed by atoms with Gasteiger partial charge >= 0.3 is 5.97 Å². The molecular weight excluding hydrogens is 376 g/mol. The number of aromatic nitrogens is 1. The van der Waals surface area contributed by atoms with Gasteiger partial charge in [0, 0.05) is 17.7 Å². The lowest BCUT2D eigenvalue weighted by Crippen LogP contribution is -2.32. The third-order valence-corrected chi connectivity index (χ3v) is 4.09. The SMILES string of the molecule is CCCCC(OC(=O)/C=C/c1cc(OC)ccc1OC)C(=O)Nc1cc(C)on1. The van der Waals surface area contributed by atoms with Crippen molar-refractivity contribution in [1.82, 2.24) is 5.16 Å². The van der Waals surface area contributed by atoms with Crippen molar-refractivity contribution in [3.05, 3.63) is 41.7 Å². The van der Waals surface area contributed by atoms with Crippen LogP contribution >= 0.6 is 0 Å². The van der Waals surface area contributed by atoms with Crippen molar-refractivity contribution >= 4 is 23.8 Å². The summed E-state index contributed by atoms with van der Waals surface area (Å²) in [5.74, 6) is 0.965. The Kier molecular flexibility index (Phi) is 8.27. The molecule has 8 heteroatoms. The molecule has 0 radical (unpaired) electrons. The van der Waals surface area contributed by atoms with Crippen molar-refractivity contribution < 1.29 is 28.3 Å². The molecule has 1 unspecified atom stereocenters. The summed E-state index contributed by atoms with van der Waals surface area (Å²) in [6, 6.07) is 6.81. The summed E-state index contributed by atoms with van der Waals surface area (Å²) in [5, 5.41) is 6.32. The fraction of sp³-hybridized carbons (Fsp3) is 0.381. The van der Waals surface area contributed by atoms with Gasteiger partial charge in [-0.25, -0.2) is 4.79 Å². The van der Waals surface area contributed by atoms with Gasteiger partial charge in [-0.1, -0.05) is 18.5 Å². The molecule has 0 saturated heterocycles. The van der Waals surface area contributed by atoms with Crippen LogP contribution in [0.25, 0.3) is 6.08 Å². The Balaban J connectivity index is 2.07. The lowest BCUT2D eigenvalue weighted by Gasteiger charge is -2.15. The van der Waals surface area contributed by atoms with Crippen LogP contribution in [0.1, 0.15) is 37.5 Å². The maximum atomic E-state index is 12.5. The summed E-state index contributed by atoms with van der Waals surface area (Å²) in [6.07, 6.45) is 3.87. The fourth-order valence-electron chi connectivity index (χ4n) is 2.57. The van der Waals surface area contributed by atoms with E-state index in [2.05, 4.69) is 10.5 Å². The highest BCUT2D eigenvalue weighted by atomic mass is 16.5. The van der Waals surface area contributed by atoms with E-state index in [4.69, 9.17) is 18.7 Å². The number of benzene rings is 1. The second kappa shape index (κ2) is 10.9. The number of esters is 1. The lowest BCUT2D eigenvalue weighted by atomic mass is 10.1. The first-order valence-electron chi connectivity index (χ1n) is 9.31. The van der Waals surface area contributed by atoms with Crippen LogP contribution in [-0.2, 0) is 14.3 Å². The van der Waals surface area contributed by atoms with E-state index in [-0.39, 0.29) is 5.82 Å². The minimum absolute atomic E-state index is 0.279. The standard InChI is InChI=1S/C21H26N2O6/c1-5-6-7-18(21(25)22-19-12-14(2)29-23-19)28-20(24)11-8-15-13-16(26-3)9-10-17(15)27-4/h8-13,18H,5-7H2,1-4H3,(H,22,23,25)/b11-8+. The number of nitrogens with zero attached hydrogens (tertiary/aromatic N) is 1. The molecule has 0 fully saturated rings. The predicted molar refractivity (Wildman–Crippen MR) is 108 cm³/mol. The van der Waals surface area contributed by atoms with Crippen LogP contribution in [0.2, 0.25) is 0 Å². The summed E-state index contributed by atoms with van der Waals surface area (Å²) in [6.45, 7) is 3.71. The van der Waals surface area contributed by atoms with Gasteiger partial charge in [-0.15, -0.1) is 0 Å². The van der Waals surface area contributed by atoms with E-state index in [0.717, 1.165) is 12.8 Å². The molecule has 2 rings (SSSR count). The molecule has 1 amide bonds. The Morgan fingerprint density at radius 2 is 2.03 bits per heavy atom. The summed E-state index contributed by atoms with van der Waals surface area (Å²) in [4.78, 5) is 24.8. The van der Waals surface area contributed by atoms with Crippen LogP contribution < -0.4 is 14.8 Å². The van der Waals surface area contributed by atoms with E-state index in [0.29, 0.717) is 29.2 Å². The highest BCUT2D eigenvalue weighted by Crippen LogP contribution is 2.25. The first-order valence-corrected chi connectivity index (χ1v) is 9.31. The Morgan fingerprint density at radius 1 is 1.24 bits per heavy atom. The lowest BCUT2D eigenvalue weighted by molar-refractivity contribution is -0.149. The number of hydrogen-bond donors (Lipinski definition) is 1. The maximum absolute atomic E-state index is 12.5. The molecule has 1 atom stereocenters. The summed E-state index contributed by atoms with van der Waals surface area (Å²) < 4.78 is 20.8. The smallest absolute Gasteiger partial charge is 0.331 e. The molecule has 8 nitrogen and oxygen atoms in total. The fourth-order valence-corrected chi connectivity index (χ4v) is 2.57. The number of ether oxygens (including phenoxy) is 3. The molecule has 0 aliphatic heterocycles. The number of anilines is 1. The maximum Gasteiger partial charge on any atom is 0.331 e. The second-order valence-corrected chi connectivity index (χ2v) is 6.32. The number of carbonyl (C=O) groups excluding carboxylic acids is 2. The van der Waals surface area contributed by atoms with Gasteiger partial charge in [0.25, 0.3) is 5.91 Å². The number of unbranched alkanes of at least 4 members (excludes halogenated alkanes) is 1. The van der Waals surface area contributed by atoms with E-state index >= 15 is 0 Å². The molecule has 1 aromatic carbocycles. The van der Waals surface area contributed by atoms with Crippen molar-refractivity contribution in [2.45, 2.75) is 39.2 Å². The van der Waals surface area contributed by atoms with Gasteiger partial charge in [0.2, 0.25) is 0 Å². The topological polar surface area (TPSA) is 99.9 Å². The van der Waals surface area contributed by atoms with E-state index < -0.39 is 18.0 Å². The van der Waals surface area contributed by atoms with Gasteiger partial charge in [-0.2, -0.15) is 0 Å². The van der Waals surface area contributed by atoms with Gasteiger partial charge < -0.3 is 24.1 Å². The molecule has 0 spiro atoms. The number of amides is 1. The third-order valence-electron chi connectivity index (χ3n) is 4.09. The Bertz CT molecular complexity index is 859. The van der Waals surface area contributed by atoms with Crippen LogP contribution in [0.5, 0.6) is 11.5 Å². The molecule has 0 saturated carbocycles. The van der Waals surface area contributed by atoms with Crippen molar-refractivity contribution in [1.29, 1.82) is 0 Å². The average molecular weight is 402 g/mol. The van der Waals surface area contributed by atoms with Crippen molar-refractivity contribution in [2.24, 2.45) is 0 Å². The first-order chi connectivity index (χ1) is 14.0. The molecule has 1 heterocycles.